The van der Waals surface area contributed by atoms with Crippen molar-refractivity contribution in [2.75, 3.05) is 0 Å². The third-order valence-electron chi connectivity index (χ3n) is 2.72. The van der Waals surface area contributed by atoms with Gasteiger partial charge in [0.1, 0.15) is 5.76 Å². The molecule has 2 heteroatoms. The van der Waals surface area contributed by atoms with Gasteiger partial charge in [0, 0.05) is 5.92 Å². The summed E-state index contributed by atoms with van der Waals surface area (Å²) in [7, 11) is 0. The number of carbonyl (C=O) groups is 1. The quantitative estimate of drug-likeness (QED) is 0.512. The first kappa shape index (κ1) is 7.59. The number of ether oxygens (including phenoxy) is 1. The van der Waals surface area contributed by atoms with Crippen LogP contribution < -0.4 is 0 Å². The number of allylic oxidation sites excluding steroid dienone is 4. The van der Waals surface area contributed by atoms with Crippen LogP contribution in [-0.4, -0.2) is 5.97 Å². The van der Waals surface area contributed by atoms with E-state index in [4.69, 9.17) is 4.74 Å². The van der Waals surface area contributed by atoms with Crippen molar-refractivity contribution in [1.82, 2.24) is 0 Å². The number of hydrogen-bond acceptors (Lipinski definition) is 2. The predicted octanol–water partition coefficient (Wildman–Crippen LogP) is 2.03. The summed E-state index contributed by atoms with van der Waals surface area (Å²) in [5.74, 6) is 1.00. The van der Waals surface area contributed by atoms with Crippen LogP contribution in [0.1, 0.15) is 20.3 Å². The molecule has 0 aromatic carbocycles. The van der Waals surface area contributed by atoms with Crippen molar-refractivity contribution >= 4 is 5.97 Å². The van der Waals surface area contributed by atoms with Crippen LogP contribution in [0.15, 0.2) is 24.0 Å². The van der Waals surface area contributed by atoms with Gasteiger partial charge >= 0.3 is 5.97 Å². The van der Waals surface area contributed by atoms with Gasteiger partial charge in [-0.2, -0.15) is 0 Å². The highest BCUT2D eigenvalue weighted by molar-refractivity contribution is 5.81. The second-order valence-electron chi connectivity index (χ2n) is 3.90. The molecule has 1 saturated heterocycles. The third-order valence-corrected chi connectivity index (χ3v) is 2.72. The number of fused-ring (bicyclic) bond motifs is 1. The fourth-order valence-corrected chi connectivity index (χ4v) is 1.75. The largest absolute Gasteiger partial charge is 0.430 e. The number of rotatable bonds is 0. The lowest BCUT2D eigenvalue weighted by Gasteiger charge is -2.21. The average molecular weight is 164 g/mol. The Hall–Kier alpha value is -1.05. The molecule has 0 spiro atoms. The van der Waals surface area contributed by atoms with Crippen LogP contribution in [0.4, 0.5) is 0 Å². The Bertz CT molecular complexity index is 284. The van der Waals surface area contributed by atoms with E-state index in [0.29, 0.717) is 0 Å². The van der Waals surface area contributed by atoms with E-state index >= 15 is 0 Å². The summed E-state index contributed by atoms with van der Waals surface area (Å²) >= 11 is 0. The molecule has 1 fully saturated rings. The fourth-order valence-electron chi connectivity index (χ4n) is 1.75. The van der Waals surface area contributed by atoms with Crippen molar-refractivity contribution in [1.29, 1.82) is 0 Å². The normalized spacial score (nSPS) is 31.0. The lowest BCUT2D eigenvalue weighted by Crippen LogP contribution is -2.25. The molecule has 1 unspecified atom stereocenters. The minimum absolute atomic E-state index is 0.0950. The first-order valence-corrected chi connectivity index (χ1v) is 4.21. The second kappa shape index (κ2) is 2.22. The smallest absolute Gasteiger partial charge is 0.317 e. The SMILES string of the molecule is CC1(C)C(=O)OC2=CC=CCC21. The zero-order chi connectivity index (χ0) is 8.77. The van der Waals surface area contributed by atoms with E-state index in [2.05, 4.69) is 6.08 Å². The van der Waals surface area contributed by atoms with Crippen LogP contribution in [0.5, 0.6) is 0 Å². The maximum atomic E-state index is 11.4. The minimum atomic E-state index is -0.337. The van der Waals surface area contributed by atoms with Gasteiger partial charge in [0.2, 0.25) is 0 Å². The van der Waals surface area contributed by atoms with Crippen molar-refractivity contribution < 1.29 is 9.53 Å². The number of esters is 1. The van der Waals surface area contributed by atoms with Gasteiger partial charge in [0.05, 0.1) is 5.41 Å². The van der Waals surface area contributed by atoms with Gasteiger partial charge in [-0.25, -0.2) is 0 Å². The zero-order valence-corrected chi connectivity index (χ0v) is 7.33. The topological polar surface area (TPSA) is 26.3 Å². The summed E-state index contributed by atoms with van der Waals surface area (Å²) in [5.41, 5.74) is -0.337. The first-order valence-electron chi connectivity index (χ1n) is 4.21. The van der Waals surface area contributed by atoms with Crippen molar-refractivity contribution in [3.8, 4) is 0 Å². The molecule has 2 aliphatic rings. The van der Waals surface area contributed by atoms with Crippen LogP contribution >= 0.6 is 0 Å². The monoisotopic (exact) mass is 164 g/mol. The zero-order valence-electron chi connectivity index (χ0n) is 7.33. The van der Waals surface area contributed by atoms with Gasteiger partial charge < -0.3 is 4.74 Å². The van der Waals surface area contributed by atoms with Crippen LogP contribution in [0.2, 0.25) is 0 Å². The van der Waals surface area contributed by atoms with E-state index in [1.54, 1.807) is 0 Å². The van der Waals surface area contributed by atoms with Crippen molar-refractivity contribution in [2.24, 2.45) is 11.3 Å². The van der Waals surface area contributed by atoms with Crippen LogP contribution in [0, 0.1) is 11.3 Å². The molecule has 12 heavy (non-hydrogen) atoms. The van der Waals surface area contributed by atoms with E-state index in [-0.39, 0.29) is 17.3 Å². The van der Waals surface area contributed by atoms with Gasteiger partial charge in [0.25, 0.3) is 0 Å². The summed E-state index contributed by atoms with van der Waals surface area (Å²) < 4.78 is 5.15. The van der Waals surface area contributed by atoms with Crippen LogP contribution in [0.3, 0.4) is 0 Å². The van der Waals surface area contributed by atoms with E-state index in [9.17, 15) is 4.79 Å². The molecule has 2 nitrogen and oxygen atoms in total. The van der Waals surface area contributed by atoms with Crippen LogP contribution in [0.25, 0.3) is 0 Å². The molecule has 0 saturated carbocycles. The molecular formula is C10H12O2. The van der Waals surface area contributed by atoms with Gasteiger partial charge in [0.15, 0.2) is 0 Å². The van der Waals surface area contributed by atoms with E-state index in [0.717, 1.165) is 12.2 Å². The molecule has 0 N–H and O–H groups in total. The molecule has 1 heterocycles. The molecule has 0 aromatic heterocycles. The third kappa shape index (κ3) is 0.840. The van der Waals surface area contributed by atoms with Gasteiger partial charge in [-0.05, 0) is 26.3 Å². The summed E-state index contributed by atoms with van der Waals surface area (Å²) in [6.45, 7) is 3.89. The fraction of sp³-hybridized carbons (Fsp3) is 0.500. The Labute approximate surface area is 71.9 Å². The highest BCUT2D eigenvalue weighted by atomic mass is 16.5. The lowest BCUT2D eigenvalue weighted by atomic mass is 9.77. The molecule has 1 aliphatic heterocycles. The summed E-state index contributed by atoms with van der Waals surface area (Å²) in [6, 6.07) is 0. The summed E-state index contributed by atoms with van der Waals surface area (Å²) in [6.07, 6.45) is 6.84. The van der Waals surface area contributed by atoms with E-state index in [1.807, 2.05) is 26.0 Å². The Morgan fingerprint density at radius 1 is 1.58 bits per heavy atom. The molecule has 0 amide bonds. The Kier molecular flexibility index (Phi) is 1.40. The van der Waals surface area contributed by atoms with E-state index < -0.39 is 0 Å². The molecule has 2 rings (SSSR count). The number of hydrogen-bond donors (Lipinski definition) is 0. The standard InChI is InChI=1S/C10H12O2/c1-10(2)7-5-3-4-6-8(7)12-9(10)11/h3-4,6-7H,5H2,1-2H3. The molecule has 1 aliphatic carbocycles. The summed E-state index contributed by atoms with van der Waals surface area (Å²) in [5, 5.41) is 0. The van der Waals surface area contributed by atoms with Crippen molar-refractivity contribution in [3.05, 3.63) is 24.0 Å². The highest BCUT2D eigenvalue weighted by Gasteiger charge is 2.47. The molecule has 0 radical (unpaired) electrons. The Morgan fingerprint density at radius 3 is 3.00 bits per heavy atom. The highest BCUT2D eigenvalue weighted by Crippen LogP contribution is 2.44. The molecule has 0 bridgehead atoms. The van der Waals surface area contributed by atoms with Crippen molar-refractivity contribution in [2.45, 2.75) is 20.3 Å². The molecule has 64 valence electrons. The molecule has 1 atom stereocenters. The molecular weight excluding hydrogens is 152 g/mol. The van der Waals surface area contributed by atoms with E-state index in [1.165, 1.54) is 0 Å². The molecule has 0 aromatic rings. The van der Waals surface area contributed by atoms with Gasteiger partial charge in [-0.3, -0.25) is 4.79 Å². The predicted molar refractivity (Wildman–Crippen MR) is 45.2 cm³/mol. The van der Waals surface area contributed by atoms with Crippen molar-refractivity contribution in [3.63, 3.8) is 0 Å². The lowest BCUT2D eigenvalue weighted by molar-refractivity contribution is -0.143. The van der Waals surface area contributed by atoms with Gasteiger partial charge in [-0.15, -0.1) is 0 Å². The summed E-state index contributed by atoms with van der Waals surface area (Å²) in [4.78, 5) is 11.4. The number of carbonyl (C=O) groups excluding carboxylic acids is 1. The first-order chi connectivity index (χ1) is 5.62. The maximum absolute atomic E-state index is 11.4. The Morgan fingerprint density at radius 2 is 2.33 bits per heavy atom. The van der Waals surface area contributed by atoms with Gasteiger partial charge in [-0.1, -0.05) is 12.2 Å². The Balaban J connectivity index is 2.39. The maximum Gasteiger partial charge on any atom is 0.317 e. The second-order valence-corrected chi connectivity index (χ2v) is 3.90. The van der Waals surface area contributed by atoms with Crippen LogP contribution in [-0.2, 0) is 9.53 Å². The minimum Gasteiger partial charge on any atom is -0.430 e. The average Bonchev–Trinajstić information content (AvgIpc) is 2.25.